The third-order valence-electron chi connectivity index (χ3n) is 11.7. The normalized spacial score (nSPS) is 18.7. The lowest BCUT2D eigenvalue weighted by Crippen LogP contribution is -2.47. The van der Waals surface area contributed by atoms with Crippen LogP contribution in [-0.4, -0.2) is 75.3 Å². The largest absolute Gasteiger partial charge is 0.373 e. The van der Waals surface area contributed by atoms with Gasteiger partial charge < -0.3 is 25.0 Å². The number of rotatable bonds is 12. The number of nitrogens with one attached hydrogen (secondary N) is 1. The van der Waals surface area contributed by atoms with Gasteiger partial charge in [-0.3, -0.25) is 19.2 Å². The number of aromatic nitrogens is 2. The number of carbonyl (C=O) groups excluding carboxylic acids is 4. The second-order valence-electron chi connectivity index (χ2n) is 16.0. The topological polar surface area (TPSA) is 170 Å². The Labute approximate surface area is 369 Å². The summed E-state index contributed by atoms with van der Waals surface area (Å²) in [7, 11) is -3.82. The van der Waals surface area contributed by atoms with Crippen molar-refractivity contribution in [1.82, 2.24) is 8.96 Å². The van der Waals surface area contributed by atoms with Gasteiger partial charge in [0.05, 0.1) is 10.4 Å². The highest BCUT2D eigenvalue weighted by Gasteiger charge is 2.52. The van der Waals surface area contributed by atoms with E-state index in [1.54, 1.807) is 54.7 Å². The molecule has 17 heteroatoms. The van der Waals surface area contributed by atoms with Crippen LogP contribution < -0.4 is 9.80 Å². The minimum absolute atomic E-state index is 0.0205. The lowest BCUT2D eigenvalue weighted by Gasteiger charge is -2.21. The molecule has 2 atom stereocenters. The lowest BCUT2D eigenvalue weighted by molar-refractivity contribution is -0.148. The molecule has 0 aliphatic carbocycles. The van der Waals surface area contributed by atoms with Crippen LogP contribution in [0.2, 0.25) is 0 Å². The molecule has 0 bridgehead atoms. The number of hydrogen-bond donors (Lipinski definition) is 3. The van der Waals surface area contributed by atoms with E-state index in [4.69, 9.17) is 0 Å². The quantitative estimate of drug-likeness (QED) is 0.0875. The molecule has 2 fully saturated rings. The molecule has 2 amide bonds. The van der Waals surface area contributed by atoms with Gasteiger partial charge in [-0.15, -0.1) is 0 Å². The number of aromatic amines is 1. The van der Waals surface area contributed by atoms with Crippen LogP contribution in [-0.2, 0) is 42.0 Å². The first-order chi connectivity index (χ1) is 31.0. The number of H-pyrrole nitrogens is 1. The van der Waals surface area contributed by atoms with Gasteiger partial charge in [-0.05, 0) is 109 Å². The van der Waals surface area contributed by atoms with Crippen LogP contribution in [0.1, 0.15) is 36.8 Å². The zero-order valence-electron chi connectivity index (χ0n) is 34.4. The molecule has 2 saturated heterocycles. The second-order valence-corrected chi connectivity index (χ2v) is 17.8. The predicted octanol–water partition coefficient (Wildman–Crippen LogP) is 6.94. The van der Waals surface area contributed by atoms with Crippen molar-refractivity contribution >= 4 is 66.6 Å². The fourth-order valence-electron chi connectivity index (χ4n) is 8.26. The predicted molar refractivity (Wildman–Crippen MR) is 232 cm³/mol. The highest BCUT2D eigenvalue weighted by atomic mass is 32.2. The van der Waals surface area contributed by atoms with Crippen molar-refractivity contribution in [2.45, 2.75) is 54.6 Å². The maximum absolute atomic E-state index is 13.4. The number of aryl methyl sites for hydroxylation is 2. The summed E-state index contributed by atoms with van der Waals surface area (Å²) in [5, 5.41) is 23.1. The third kappa shape index (κ3) is 8.81. The van der Waals surface area contributed by atoms with Crippen molar-refractivity contribution in [1.29, 1.82) is 0 Å². The van der Waals surface area contributed by atoms with E-state index in [2.05, 4.69) is 4.98 Å². The van der Waals surface area contributed by atoms with Crippen molar-refractivity contribution in [2.75, 3.05) is 22.9 Å². The average molecular weight is 909 g/mol. The number of hydrogen-bond acceptors (Lipinski definition) is 8. The average Bonchev–Trinajstić information content (AvgIpc) is 4.07. The van der Waals surface area contributed by atoms with Crippen molar-refractivity contribution in [3.8, 4) is 0 Å². The standard InChI is InChI=1S/C27H22F2N2O5S.C21H18F2N2O3/c28-20-14-18(15-21(29)17-20)6-9-25(32)27(34)11-13-30(26(27)33)22-7-8-24-19(16-22)10-12-31(24)37(35,36)23-4-2-1-3-5-23;22-15-9-13(10-16(23)12-15)1-4-19(26)21(28)6-8-25(20(21)27)17-2-3-18-14(11-17)5-7-24-18/h1-5,7-8,10,12,14-17,34H,6,9,11,13H2;2-3,5,7,9-12,24,28H,1,4,6,8H2/t27-;21-/m00/s1. The Bertz CT molecular complexity index is 3080. The fourth-order valence-corrected chi connectivity index (χ4v) is 9.63. The van der Waals surface area contributed by atoms with Gasteiger partial charge in [-0.1, -0.05) is 18.2 Å². The monoisotopic (exact) mass is 908 g/mol. The number of Topliss-reactive ketones (excluding diaryl/α,β-unsaturated/α-hetero) is 2. The summed E-state index contributed by atoms with van der Waals surface area (Å²) in [6, 6.07) is 27.5. The highest BCUT2D eigenvalue weighted by molar-refractivity contribution is 7.90. The number of anilines is 2. The summed E-state index contributed by atoms with van der Waals surface area (Å²) in [4.78, 5) is 57.2. The van der Waals surface area contributed by atoms with E-state index in [9.17, 15) is 55.4 Å². The van der Waals surface area contributed by atoms with Gasteiger partial charge >= 0.3 is 0 Å². The number of nitrogens with zero attached hydrogens (tertiary/aromatic N) is 3. The second kappa shape index (κ2) is 17.6. The van der Waals surface area contributed by atoms with E-state index in [0.29, 0.717) is 27.8 Å². The maximum atomic E-state index is 13.4. The zero-order chi connectivity index (χ0) is 46.3. The molecule has 0 saturated carbocycles. The molecule has 3 N–H and O–H groups in total. The van der Waals surface area contributed by atoms with Crippen molar-refractivity contribution < 1.29 is 55.4 Å². The third-order valence-corrected chi connectivity index (χ3v) is 13.4. The SMILES string of the molecule is O=C(CCc1cc(F)cc(F)c1)[C@@]1(O)CCN(c2ccc3[nH]ccc3c2)C1=O.O=C(CCc1cc(F)cc(F)c1)[C@@]1(O)CCN(c2ccc3c(ccn3S(=O)(=O)c3ccccc3)c2)C1=O. The summed E-state index contributed by atoms with van der Waals surface area (Å²) < 4.78 is 80.7. The number of aliphatic hydroxyl groups is 2. The molecule has 65 heavy (non-hydrogen) atoms. The van der Waals surface area contributed by atoms with Crippen LogP contribution >= 0.6 is 0 Å². The van der Waals surface area contributed by atoms with Crippen LogP contribution in [0.25, 0.3) is 21.8 Å². The van der Waals surface area contributed by atoms with Crippen LogP contribution in [0.4, 0.5) is 28.9 Å². The van der Waals surface area contributed by atoms with Gasteiger partial charge in [0.1, 0.15) is 23.3 Å². The number of benzene rings is 5. The van der Waals surface area contributed by atoms with Crippen molar-refractivity contribution in [2.24, 2.45) is 0 Å². The van der Waals surface area contributed by atoms with E-state index in [1.807, 2.05) is 18.2 Å². The number of amides is 2. The molecular weight excluding hydrogens is 869 g/mol. The van der Waals surface area contributed by atoms with Gasteiger partial charge in [0.2, 0.25) is 11.2 Å². The Morgan fingerprint density at radius 3 is 1.63 bits per heavy atom. The molecule has 9 rings (SSSR count). The molecule has 334 valence electrons. The first kappa shape index (κ1) is 44.6. The Balaban J connectivity index is 0.000000184. The highest BCUT2D eigenvalue weighted by Crippen LogP contribution is 2.34. The minimum atomic E-state index is -3.82. The van der Waals surface area contributed by atoms with Crippen LogP contribution in [0, 0.1) is 23.3 Å². The molecule has 7 aromatic rings. The summed E-state index contributed by atoms with van der Waals surface area (Å²) in [6.45, 7) is 0.287. The van der Waals surface area contributed by atoms with Gasteiger partial charge in [0.25, 0.3) is 21.8 Å². The van der Waals surface area contributed by atoms with Crippen LogP contribution in [0.5, 0.6) is 0 Å². The first-order valence-electron chi connectivity index (χ1n) is 20.5. The van der Waals surface area contributed by atoms with Crippen molar-refractivity contribution in [3.05, 3.63) is 162 Å². The van der Waals surface area contributed by atoms with Gasteiger partial charge in [0, 0.05) is 91.0 Å². The van der Waals surface area contributed by atoms with E-state index in [-0.39, 0.29) is 62.1 Å². The summed E-state index contributed by atoms with van der Waals surface area (Å²) in [6.07, 6.45) is 2.62. The molecule has 4 heterocycles. The molecular formula is C48H40F4N4O8S. The molecule has 2 aliphatic heterocycles. The number of halogens is 4. The fraction of sp³-hybridized carbons (Fsp3) is 0.208. The van der Waals surface area contributed by atoms with Gasteiger partial charge in [0.15, 0.2) is 11.6 Å². The number of fused-ring (bicyclic) bond motifs is 2. The number of carbonyl (C=O) groups is 4. The molecule has 0 radical (unpaired) electrons. The summed E-state index contributed by atoms with van der Waals surface area (Å²) >= 11 is 0. The van der Waals surface area contributed by atoms with Crippen LogP contribution in [0.15, 0.2) is 133 Å². The molecule has 2 aliphatic rings. The minimum Gasteiger partial charge on any atom is -0.373 e. The Morgan fingerprint density at radius 2 is 1.11 bits per heavy atom. The molecule has 0 unspecified atom stereocenters. The van der Waals surface area contributed by atoms with Crippen LogP contribution in [0.3, 0.4) is 0 Å². The lowest BCUT2D eigenvalue weighted by atomic mass is 9.92. The van der Waals surface area contributed by atoms with Crippen molar-refractivity contribution in [3.63, 3.8) is 0 Å². The van der Waals surface area contributed by atoms with E-state index < -0.39 is 67.9 Å². The van der Waals surface area contributed by atoms with E-state index in [1.165, 1.54) is 28.1 Å². The smallest absolute Gasteiger partial charge is 0.268 e. The van der Waals surface area contributed by atoms with E-state index in [0.717, 1.165) is 51.3 Å². The molecule has 2 aromatic heterocycles. The summed E-state index contributed by atoms with van der Waals surface area (Å²) in [5.74, 6) is -5.85. The van der Waals surface area contributed by atoms with E-state index >= 15 is 0 Å². The Kier molecular flexibility index (Phi) is 12.1. The Hall–Kier alpha value is -6.95. The maximum Gasteiger partial charge on any atom is 0.268 e. The Morgan fingerprint density at radius 1 is 0.615 bits per heavy atom. The zero-order valence-corrected chi connectivity index (χ0v) is 35.2. The molecule has 12 nitrogen and oxygen atoms in total. The summed E-state index contributed by atoms with van der Waals surface area (Å²) in [5.41, 5.74) is -1.47. The van der Waals surface area contributed by atoms with Gasteiger partial charge in [-0.2, -0.15) is 0 Å². The first-order valence-corrected chi connectivity index (χ1v) is 21.9. The number of ketones is 2. The van der Waals surface area contributed by atoms with Gasteiger partial charge in [-0.25, -0.2) is 30.0 Å². The molecule has 0 spiro atoms. The molecule has 5 aromatic carbocycles.